The van der Waals surface area contributed by atoms with Crippen molar-refractivity contribution in [1.82, 2.24) is 10.3 Å². The lowest BCUT2D eigenvalue weighted by Gasteiger charge is -2.35. The van der Waals surface area contributed by atoms with Crippen LogP contribution in [0.15, 0.2) is 12.3 Å². The van der Waals surface area contributed by atoms with Gasteiger partial charge in [0.2, 0.25) is 0 Å². The molecule has 0 atom stereocenters. The van der Waals surface area contributed by atoms with Gasteiger partial charge in [0.15, 0.2) is 0 Å². The van der Waals surface area contributed by atoms with Crippen molar-refractivity contribution in [2.45, 2.75) is 50.6 Å². The molecule has 0 spiro atoms. The van der Waals surface area contributed by atoms with Gasteiger partial charge in [0.05, 0.1) is 7.11 Å². The van der Waals surface area contributed by atoms with Gasteiger partial charge >= 0.3 is 5.97 Å². The van der Waals surface area contributed by atoms with Gasteiger partial charge in [-0.05, 0) is 54.3 Å². The van der Waals surface area contributed by atoms with Gasteiger partial charge in [0.1, 0.15) is 11.4 Å². The molecule has 5 nitrogen and oxygen atoms in total. The Hall–Kier alpha value is -0.890. The summed E-state index contributed by atoms with van der Waals surface area (Å²) in [5, 5.41) is 3.81. The first-order valence-corrected chi connectivity index (χ1v) is 9.50. The van der Waals surface area contributed by atoms with Crippen LogP contribution in [0.5, 0.6) is 0 Å². The van der Waals surface area contributed by atoms with Crippen LogP contribution in [0.3, 0.4) is 0 Å². The highest BCUT2D eigenvalue weighted by molar-refractivity contribution is 14.1. The van der Waals surface area contributed by atoms with E-state index in [1.165, 1.54) is 32.8 Å². The number of hydrogen-bond acceptors (Lipinski definition) is 5. The lowest BCUT2D eigenvalue weighted by atomic mass is 10.0. The Kier molecular flexibility index (Phi) is 5.74. The SMILES string of the molecule is COC(=O)c1cc(I)cnc1N1CCC(NC2CCCC2)CC1. The maximum absolute atomic E-state index is 12.0. The Labute approximate surface area is 151 Å². The van der Waals surface area contributed by atoms with Gasteiger partial charge in [-0.1, -0.05) is 12.8 Å². The van der Waals surface area contributed by atoms with E-state index in [9.17, 15) is 4.79 Å². The zero-order chi connectivity index (χ0) is 16.2. The molecular formula is C17H24IN3O2. The fourth-order valence-electron chi connectivity index (χ4n) is 3.63. The first-order valence-electron chi connectivity index (χ1n) is 8.42. The van der Waals surface area contributed by atoms with Gasteiger partial charge in [-0.3, -0.25) is 0 Å². The summed E-state index contributed by atoms with van der Waals surface area (Å²) in [6, 6.07) is 3.17. The number of carbonyl (C=O) groups excluding carboxylic acids is 1. The number of aromatic nitrogens is 1. The highest BCUT2D eigenvalue weighted by Crippen LogP contribution is 2.25. The van der Waals surface area contributed by atoms with Gasteiger partial charge in [-0.15, -0.1) is 0 Å². The standard InChI is InChI=1S/C17H24IN3O2/c1-23-17(22)15-10-12(18)11-19-16(15)21-8-6-14(7-9-21)20-13-4-2-3-5-13/h10-11,13-14,20H,2-9H2,1H3. The van der Waals surface area contributed by atoms with Crippen molar-refractivity contribution in [2.75, 3.05) is 25.1 Å². The molecule has 23 heavy (non-hydrogen) atoms. The highest BCUT2D eigenvalue weighted by atomic mass is 127. The van der Waals surface area contributed by atoms with E-state index in [2.05, 4.69) is 37.8 Å². The number of anilines is 1. The van der Waals surface area contributed by atoms with Crippen molar-refractivity contribution in [3.63, 3.8) is 0 Å². The normalized spacial score (nSPS) is 20.0. The third kappa shape index (κ3) is 4.15. The van der Waals surface area contributed by atoms with Crippen LogP contribution in [-0.2, 0) is 4.74 Å². The number of carbonyl (C=O) groups is 1. The summed E-state index contributed by atoms with van der Waals surface area (Å²) in [6.45, 7) is 1.87. The molecule has 3 rings (SSSR count). The Balaban J connectivity index is 1.64. The molecule has 0 bridgehead atoms. The van der Waals surface area contributed by atoms with Crippen molar-refractivity contribution in [3.05, 3.63) is 21.4 Å². The minimum Gasteiger partial charge on any atom is -0.465 e. The maximum Gasteiger partial charge on any atom is 0.341 e. The topological polar surface area (TPSA) is 54.5 Å². The van der Waals surface area contributed by atoms with Crippen LogP contribution in [0.2, 0.25) is 0 Å². The monoisotopic (exact) mass is 429 g/mol. The predicted molar refractivity (Wildman–Crippen MR) is 98.9 cm³/mol. The van der Waals surface area contributed by atoms with E-state index in [1.807, 2.05) is 12.3 Å². The van der Waals surface area contributed by atoms with E-state index in [4.69, 9.17) is 4.74 Å². The molecule has 1 N–H and O–H groups in total. The number of methoxy groups -OCH3 is 1. The molecule has 1 aromatic rings. The Morgan fingerprint density at radius 2 is 1.91 bits per heavy atom. The molecule has 0 amide bonds. The minimum atomic E-state index is -0.308. The van der Waals surface area contributed by atoms with Gasteiger partial charge < -0.3 is 15.0 Å². The van der Waals surface area contributed by atoms with Gasteiger partial charge in [-0.2, -0.15) is 0 Å². The number of halogens is 1. The predicted octanol–water partition coefficient (Wildman–Crippen LogP) is 2.97. The smallest absolute Gasteiger partial charge is 0.341 e. The lowest BCUT2D eigenvalue weighted by molar-refractivity contribution is 0.0601. The Morgan fingerprint density at radius 3 is 2.57 bits per heavy atom. The lowest BCUT2D eigenvalue weighted by Crippen LogP contribution is -2.46. The van der Waals surface area contributed by atoms with Crippen LogP contribution < -0.4 is 10.2 Å². The molecule has 0 aromatic carbocycles. The fraction of sp³-hybridized carbons (Fsp3) is 0.647. The second kappa shape index (κ2) is 7.79. The molecular weight excluding hydrogens is 405 g/mol. The zero-order valence-corrected chi connectivity index (χ0v) is 15.7. The number of esters is 1. The van der Waals surface area contributed by atoms with Crippen molar-refractivity contribution in [1.29, 1.82) is 0 Å². The summed E-state index contributed by atoms with van der Waals surface area (Å²) in [7, 11) is 1.42. The van der Waals surface area contributed by atoms with Crippen molar-refractivity contribution < 1.29 is 9.53 Å². The fourth-order valence-corrected chi connectivity index (χ4v) is 4.08. The number of ether oxygens (including phenoxy) is 1. The van der Waals surface area contributed by atoms with Crippen LogP contribution in [-0.4, -0.2) is 43.2 Å². The Morgan fingerprint density at radius 1 is 1.26 bits per heavy atom. The first kappa shape index (κ1) is 17.0. The van der Waals surface area contributed by atoms with Gasteiger partial charge in [-0.25, -0.2) is 9.78 Å². The first-order chi connectivity index (χ1) is 11.2. The molecule has 2 aliphatic rings. The number of hydrogen-bond donors (Lipinski definition) is 1. The van der Waals surface area contributed by atoms with E-state index in [1.54, 1.807) is 0 Å². The molecule has 0 unspecified atom stereocenters. The van der Waals surface area contributed by atoms with Crippen LogP contribution in [0.1, 0.15) is 48.9 Å². The number of rotatable bonds is 4. The van der Waals surface area contributed by atoms with Gasteiger partial charge in [0.25, 0.3) is 0 Å². The third-order valence-corrected chi connectivity index (χ3v) is 5.45. The molecule has 2 fully saturated rings. The number of piperidine rings is 1. The summed E-state index contributed by atoms with van der Waals surface area (Å²) < 4.78 is 5.86. The van der Waals surface area contributed by atoms with Crippen molar-refractivity contribution in [2.24, 2.45) is 0 Å². The summed E-state index contributed by atoms with van der Waals surface area (Å²) in [4.78, 5) is 18.7. The van der Waals surface area contributed by atoms with E-state index in [0.29, 0.717) is 17.6 Å². The molecule has 1 aliphatic carbocycles. The van der Waals surface area contributed by atoms with Crippen LogP contribution >= 0.6 is 22.6 Å². The molecule has 1 saturated heterocycles. The largest absolute Gasteiger partial charge is 0.465 e. The zero-order valence-electron chi connectivity index (χ0n) is 13.6. The number of pyridine rings is 1. The quantitative estimate of drug-likeness (QED) is 0.589. The molecule has 6 heteroatoms. The Bertz CT molecular complexity index is 553. The van der Waals surface area contributed by atoms with Crippen LogP contribution in [0.25, 0.3) is 0 Å². The summed E-state index contributed by atoms with van der Waals surface area (Å²) in [6.07, 6.45) is 9.40. The molecule has 1 aromatic heterocycles. The third-order valence-electron chi connectivity index (χ3n) is 4.86. The molecule has 1 saturated carbocycles. The molecule has 126 valence electrons. The molecule has 0 radical (unpaired) electrons. The molecule has 1 aliphatic heterocycles. The van der Waals surface area contributed by atoms with Crippen molar-refractivity contribution in [3.8, 4) is 0 Å². The van der Waals surface area contributed by atoms with Crippen LogP contribution in [0.4, 0.5) is 5.82 Å². The van der Waals surface area contributed by atoms with Crippen LogP contribution in [0, 0.1) is 3.57 Å². The summed E-state index contributed by atoms with van der Waals surface area (Å²) in [5.74, 6) is 0.453. The number of nitrogens with one attached hydrogen (secondary N) is 1. The van der Waals surface area contributed by atoms with Crippen molar-refractivity contribution >= 4 is 34.4 Å². The second-order valence-electron chi connectivity index (χ2n) is 6.43. The van der Waals surface area contributed by atoms with E-state index >= 15 is 0 Å². The number of nitrogens with zero attached hydrogens (tertiary/aromatic N) is 2. The summed E-state index contributed by atoms with van der Waals surface area (Å²) >= 11 is 2.17. The minimum absolute atomic E-state index is 0.308. The van der Waals surface area contributed by atoms with E-state index in [-0.39, 0.29) is 5.97 Å². The highest BCUT2D eigenvalue weighted by Gasteiger charge is 2.26. The average Bonchev–Trinajstić information content (AvgIpc) is 3.08. The second-order valence-corrected chi connectivity index (χ2v) is 7.67. The van der Waals surface area contributed by atoms with E-state index < -0.39 is 0 Å². The average molecular weight is 429 g/mol. The summed E-state index contributed by atoms with van der Waals surface area (Å²) in [5.41, 5.74) is 0.571. The molecule has 2 heterocycles. The van der Waals surface area contributed by atoms with Gasteiger partial charge in [0, 0.05) is 34.9 Å². The maximum atomic E-state index is 12.0. The van der Waals surface area contributed by atoms with E-state index in [0.717, 1.165) is 35.3 Å².